The number of ether oxygens (including phenoxy) is 1. The molecule has 1 atom stereocenters. The van der Waals surface area contributed by atoms with Gasteiger partial charge in [-0.2, -0.15) is 10.7 Å². The maximum Gasteiger partial charge on any atom is 0.240 e. The number of hydrogen-bond acceptors (Lipinski definition) is 7. The third-order valence-electron chi connectivity index (χ3n) is 5.94. The fourth-order valence-corrected chi connectivity index (χ4v) is 5.20. The number of methoxy groups -OCH3 is 1. The fraction of sp³-hybridized carbons (Fsp3) is 0.280. The number of hydrazone groups is 1. The lowest BCUT2D eigenvalue weighted by Crippen LogP contribution is -2.34. The molecule has 1 saturated heterocycles. The Bertz CT molecular complexity index is 1340. The van der Waals surface area contributed by atoms with Crippen LogP contribution in [0.4, 0.5) is 0 Å². The normalized spacial score (nSPS) is 16.3. The first-order valence-corrected chi connectivity index (χ1v) is 12.6. The molecule has 9 nitrogen and oxygen atoms in total. The molecule has 0 spiro atoms. The molecule has 3 aromatic carbocycles. The van der Waals surface area contributed by atoms with Gasteiger partial charge in [-0.15, -0.1) is 0 Å². The predicted octanol–water partition coefficient (Wildman–Crippen LogP) is 2.66. The van der Waals surface area contributed by atoms with Crippen LogP contribution in [0.25, 0.3) is 10.8 Å². The smallest absolute Gasteiger partial charge is 0.240 e. The summed E-state index contributed by atoms with van der Waals surface area (Å²) in [6, 6.07) is 18.1. The predicted molar refractivity (Wildman–Crippen MR) is 133 cm³/mol. The minimum Gasteiger partial charge on any atom is -0.497 e. The summed E-state index contributed by atoms with van der Waals surface area (Å²) >= 11 is 0. The highest BCUT2D eigenvalue weighted by molar-refractivity contribution is 7.89. The number of nitrogens with one attached hydrogen (secondary N) is 2. The topological polar surface area (TPSA) is 109 Å². The molecular formula is C25H28N4O5S. The number of amides is 1. The van der Waals surface area contributed by atoms with Gasteiger partial charge in [0, 0.05) is 19.6 Å². The first-order chi connectivity index (χ1) is 16.9. The van der Waals surface area contributed by atoms with E-state index in [-0.39, 0.29) is 17.3 Å². The zero-order valence-electron chi connectivity index (χ0n) is 19.6. The summed E-state index contributed by atoms with van der Waals surface area (Å²) in [5.74, 6) is 0.252. The summed E-state index contributed by atoms with van der Waals surface area (Å²) < 4.78 is 33.6. The molecule has 0 bridgehead atoms. The third-order valence-corrected chi connectivity index (χ3v) is 7.36. The second-order valence-electron chi connectivity index (χ2n) is 8.27. The van der Waals surface area contributed by atoms with Gasteiger partial charge in [0.1, 0.15) is 5.75 Å². The number of rotatable bonds is 10. The van der Waals surface area contributed by atoms with Crippen molar-refractivity contribution in [3.05, 3.63) is 71.8 Å². The molecule has 2 N–H and O–H groups in total. The maximum absolute atomic E-state index is 12.9. The quantitative estimate of drug-likeness (QED) is 0.330. The number of carbonyl (C=O) groups is 1. The van der Waals surface area contributed by atoms with Crippen molar-refractivity contribution in [2.45, 2.75) is 17.9 Å². The molecular weight excluding hydrogens is 468 g/mol. The Morgan fingerprint density at radius 3 is 2.69 bits per heavy atom. The van der Waals surface area contributed by atoms with E-state index >= 15 is 0 Å². The van der Waals surface area contributed by atoms with Crippen molar-refractivity contribution in [1.82, 2.24) is 15.2 Å². The highest BCUT2D eigenvalue weighted by atomic mass is 32.2. The Labute approximate surface area is 204 Å². The van der Waals surface area contributed by atoms with E-state index in [9.17, 15) is 13.2 Å². The second kappa shape index (κ2) is 10.9. The zero-order chi connectivity index (χ0) is 24.8. The molecule has 0 aromatic heterocycles. The van der Waals surface area contributed by atoms with Crippen LogP contribution < -0.4 is 15.0 Å². The summed E-state index contributed by atoms with van der Waals surface area (Å²) in [5, 5.41) is 5.59. The Morgan fingerprint density at radius 1 is 1.09 bits per heavy atom. The van der Waals surface area contributed by atoms with Crippen molar-refractivity contribution in [2.24, 2.45) is 11.0 Å². The molecule has 4 rings (SSSR count). The largest absolute Gasteiger partial charge is 0.497 e. The molecule has 35 heavy (non-hydrogen) atoms. The van der Waals surface area contributed by atoms with Crippen LogP contribution in [-0.2, 0) is 26.2 Å². The van der Waals surface area contributed by atoms with E-state index in [0.29, 0.717) is 25.3 Å². The lowest BCUT2D eigenvalue weighted by molar-refractivity contribution is -0.131. The Balaban J connectivity index is 1.37. The van der Waals surface area contributed by atoms with Crippen LogP contribution in [0.15, 0.2) is 70.7 Å². The maximum atomic E-state index is 12.9. The van der Waals surface area contributed by atoms with E-state index in [1.807, 2.05) is 36.4 Å². The lowest BCUT2D eigenvalue weighted by atomic mass is 10.1. The van der Waals surface area contributed by atoms with E-state index in [0.717, 1.165) is 21.9 Å². The monoisotopic (exact) mass is 496 g/mol. The molecule has 1 fully saturated rings. The van der Waals surface area contributed by atoms with Crippen molar-refractivity contribution in [3.63, 3.8) is 0 Å². The molecule has 1 heterocycles. The van der Waals surface area contributed by atoms with Crippen LogP contribution in [-0.4, -0.2) is 52.7 Å². The van der Waals surface area contributed by atoms with Gasteiger partial charge in [0.2, 0.25) is 15.9 Å². The van der Waals surface area contributed by atoms with Crippen LogP contribution in [0.1, 0.15) is 17.5 Å². The van der Waals surface area contributed by atoms with Gasteiger partial charge in [-0.05, 0) is 58.7 Å². The molecule has 0 unspecified atom stereocenters. The first kappa shape index (κ1) is 24.6. The van der Waals surface area contributed by atoms with Gasteiger partial charge >= 0.3 is 0 Å². The SMILES string of the molecule is CONN=Cc1cccc(CN2CC[C@@H](CNS(=O)(=O)c3ccc4cc(OC)ccc4c3)C2=O)c1. The zero-order valence-corrected chi connectivity index (χ0v) is 20.4. The van der Waals surface area contributed by atoms with Gasteiger partial charge in [0.15, 0.2) is 0 Å². The summed E-state index contributed by atoms with van der Waals surface area (Å²) in [6.07, 6.45) is 2.22. The number of carbonyl (C=O) groups excluding carboxylic acids is 1. The molecule has 3 aromatic rings. The van der Waals surface area contributed by atoms with Crippen molar-refractivity contribution >= 4 is 32.9 Å². The highest BCUT2D eigenvalue weighted by Gasteiger charge is 2.32. The van der Waals surface area contributed by atoms with E-state index in [4.69, 9.17) is 4.74 Å². The van der Waals surface area contributed by atoms with Crippen molar-refractivity contribution < 1.29 is 22.8 Å². The average molecular weight is 497 g/mol. The number of benzene rings is 3. The summed E-state index contributed by atoms with van der Waals surface area (Å²) in [5.41, 5.74) is 4.24. The lowest BCUT2D eigenvalue weighted by Gasteiger charge is -2.17. The van der Waals surface area contributed by atoms with E-state index in [2.05, 4.69) is 20.3 Å². The van der Waals surface area contributed by atoms with Gasteiger partial charge in [-0.3, -0.25) is 9.63 Å². The number of fused-ring (bicyclic) bond motifs is 1. The van der Waals surface area contributed by atoms with Crippen LogP contribution in [0.2, 0.25) is 0 Å². The van der Waals surface area contributed by atoms with Crippen LogP contribution in [0, 0.1) is 5.92 Å². The Hall–Kier alpha value is -3.47. The minimum absolute atomic E-state index is 0.0570. The minimum atomic E-state index is -3.75. The van der Waals surface area contributed by atoms with E-state index in [1.54, 1.807) is 42.5 Å². The van der Waals surface area contributed by atoms with Crippen LogP contribution >= 0.6 is 0 Å². The molecule has 10 heteroatoms. The summed E-state index contributed by atoms with van der Waals surface area (Å²) in [6.45, 7) is 1.09. The fourth-order valence-electron chi connectivity index (χ4n) is 4.09. The van der Waals surface area contributed by atoms with E-state index < -0.39 is 15.9 Å². The number of nitrogens with zero attached hydrogens (tertiary/aromatic N) is 2. The highest BCUT2D eigenvalue weighted by Crippen LogP contribution is 2.25. The van der Waals surface area contributed by atoms with Gasteiger partial charge in [-0.1, -0.05) is 30.3 Å². The standard InChI is InChI=1S/C25H28N4O5S/c1-33-23-8-6-21-14-24(9-7-20(21)13-23)35(31,32)27-16-22-10-11-29(25(22)30)17-19-5-3-4-18(12-19)15-26-28-34-2/h3-9,12-15,22,27-28H,10-11,16-17H2,1-2H3/t22-/m0/s1. The van der Waals surface area contributed by atoms with Gasteiger partial charge in [-0.25, -0.2) is 13.1 Å². The van der Waals surface area contributed by atoms with Crippen LogP contribution in [0.3, 0.4) is 0 Å². The van der Waals surface area contributed by atoms with Gasteiger partial charge < -0.3 is 9.64 Å². The van der Waals surface area contributed by atoms with Crippen LogP contribution in [0.5, 0.6) is 5.75 Å². The first-order valence-electron chi connectivity index (χ1n) is 11.2. The third kappa shape index (κ3) is 5.97. The van der Waals surface area contributed by atoms with Gasteiger partial charge in [0.05, 0.1) is 31.2 Å². The molecule has 1 aliphatic heterocycles. The van der Waals surface area contributed by atoms with Crippen molar-refractivity contribution in [1.29, 1.82) is 0 Å². The molecule has 184 valence electrons. The summed E-state index contributed by atoms with van der Waals surface area (Å²) in [7, 11) is -0.692. The van der Waals surface area contributed by atoms with Gasteiger partial charge in [0.25, 0.3) is 0 Å². The number of likely N-dealkylation sites (tertiary alicyclic amines) is 1. The van der Waals surface area contributed by atoms with Crippen molar-refractivity contribution in [2.75, 3.05) is 27.3 Å². The molecule has 1 amide bonds. The second-order valence-corrected chi connectivity index (χ2v) is 10.0. The number of sulfonamides is 1. The molecule has 0 saturated carbocycles. The summed E-state index contributed by atoms with van der Waals surface area (Å²) in [4.78, 5) is 19.5. The van der Waals surface area contributed by atoms with E-state index in [1.165, 1.54) is 7.11 Å². The Morgan fingerprint density at radius 2 is 1.89 bits per heavy atom. The molecule has 1 aliphatic rings. The molecule has 0 aliphatic carbocycles. The average Bonchev–Trinajstić information content (AvgIpc) is 3.21. The molecule has 0 radical (unpaired) electrons. The Kier molecular flexibility index (Phi) is 7.64. The number of hydrogen-bond donors (Lipinski definition) is 2. The van der Waals surface area contributed by atoms with Crippen molar-refractivity contribution in [3.8, 4) is 5.75 Å².